The third kappa shape index (κ3) is 6.15. The van der Waals surface area contributed by atoms with Gasteiger partial charge in [-0.25, -0.2) is 0 Å². The van der Waals surface area contributed by atoms with Crippen LogP contribution < -0.4 is 10.1 Å². The average Bonchev–Trinajstić information content (AvgIpc) is 2.79. The van der Waals surface area contributed by atoms with Gasteiger partial charge in [-0.3, -0.25) is 4.79 Å². The smallest absolute Gasteiger partial charge is 0.319 e. The number of aliphatic hydroxyl groups is 1. The van der Waals surface area contributed by atoms with Gasteiger partial charge < -0.3 is 19.9 Å². The highest BCUT2D eigenvalue weighted by Crippen LogP contribution is 2.04. The number of nitrogens with zero attached hydrogens (tertiary/aromatic N) is 2. The largest absolute Gasteiger partial charge is 0.473 e. The Balaban J connectivity index is 2.05. The second-order valence-corrected chi connectivity index (χ2v) is 3.70. The maximum Gasteiger partial charge on any atom is 0.319 e. The molecule has 0 amide bonds. The van der Waals surface area contributed by atoms with E-state index in [0.717, 1.165) is 11.7 Å². The van der Waals surface area contributed by atoms with Crippen molar-refractivity contribution in [1.82, 2.24) is 14.1 Å². The van der Waals surface area contributed by atoms with Gasteiger partial charge in [0.2, 0.25) is 5.88 Å². The van der Waals surface area contributed by atoms with E-state index < -0.39 is 6.10 Å². The van der Waals surface area contributed by atoms with E-state index in [1.165, 1.54) is 6.20 Å². The van der Waals surface area contributed by atoms with Crippen LogP contribution in [-0.2, 0) is 9.53 Å². The van der Waals surface area contributed by atoms with E-state index in [4.69, 9.17) is 9.47 Å². The second kappa shape index (κ2) is 7.93. The zero-order chi connectivity index (χ0) is 12.5. The first-order valence-electron chi connectivity index (χ1n) is 5.17. The molecule has 8 heteroatoms. The predicted octanol–water partition coefficient (Wildman–Crippen LogP) is -0.570. The molecule has 0 aromatic carbocycles. The van der Waals surface area contributed by atoms with E-state index in [1.54, 1.807) is 6.92 Å². The second-order valence-electron chi connectivity index (χ2n) is 3.15. The topological polar surface area (TPSA) is 93.6 Å². The van der Waals surface area contributed by atoms with Crippen LogP contribution in [0.25, 0.3) is 0 Å². The van der Waals surface area contributed by atoms with Crippen LogP contribution in [0, 0.1) is 0 Å². The van der Waals surface area contributed by atoms with Crippen LogP contribution >= 0.6 is 11.7 Å². The number of esters is 1. The van der Waals surface area contributed by atoms with Crippen molar-refractivity contribution in [3.63, 3.8) is 0 Å². The Morgan fingerprint density at radius 1 is 1.71 bits per heavy atom. The lowest BCUT2D eigenvalue weighted by atomic mass is 10.4. The minimum Gasteiger partial charge on any atom is -0.473 e. The minimum absolute atomic E-state index is 0.0726. The van der Waals surface area contributed by atoms with Crippen LogP contribution in [-0.4, -0.2) is 52.2 Å². The summed E-state index contributed by atoms with van der Waals surface area (Å²) in [5.41, 5.74) is 0. The molecule has 0 saturated heterocycles. The molecule has 0 aliphatic heterocycles. The molecule has 0 spiro atoms. The van der Waals surface area contributed by atoms with Gasteiger partial charge in [0.15, 0.2) is 0 Å². The summed E-state index contributed by atoms with van der Waals surface area (Å²) in [5.74, 6) is 0.0452. The molecule has 1 rings (SSSR count). The van der Waals surface area contributed by atoms with Crippen LogP contribution in [0.3, 0.4) is 0 Å². The Labute approximate surface area is 103 Å². The normalized spacial score (nSPS) is 12.1. The first kappa shape index (κ1) is 13.8. The fourth-order valence-corrected chi connectivity index (χ4v) is 1.38. The zero-order valence-electron chi connectivity index (χ0n) is 9.46. The van der Waals surface area contributed by atoms with Crippen molar-refractivity contribution in [2.75, 3.05) is 26.3 Å². The third-order valence-corrected chi connectivity index (χ3v) is 2.18. The van der Waals surface area contributed by atoms with Crippen molar-refractivity contribution < 1.29 is 19.4 Å². The van der Waals surface area contributed by atoms with Gasteiger partial charge in [0.05, 0.1) is 24.9 Å². The molecule has 0 bridgehead atoms. The summed E-state index contributed by atoms with van der Waals surface area (Å²) >= 11 is 1.04. The molecule has 17 heavy (non-hydrogen) atoms. The van der Waals surface area contributed by atoms with E-state index in [9.17, 15) is 9.90 Å². The highest BCUT2D eigenvalue weighted by atomic mass is 32.1. The van der Waals surface area contributed by atoms with E-state index in [0.29, 0.717) is 12.5 Å². The Morgan fingerprint density at radius 3 is 3.18 bits per heavy atom. The van der Waals surface area contributed by atoms with Crippen molar-refractivity contribution in [2.24, 2.45) is 0 Å². The lowest BCUT2D eigenvalue weighted by Gasteiger charge is -2.11. The number of aliphatic hydroxyl groups excluding tert-OH is 1. The molecule has 1 atom stereocenters. The Kier molecular flexibility index (Phi) is 6.45. The van der Waals surface area contributed by atoms with Crippen LogP contribution in [0.4, 0.5) is 0 Å². The van der Waals surface area contributed by atoms with E-state index in [1.807, 2.05) is 0 Å². The van der Waals surface area contributed by atoms with Crippen LogP contribution in [0.1, 0.15) is 6.92 Å². The molecule has 7 nitrogen and oxygen atoms in total. The SMILES string of the molecule is CCOC(=O)CNCC(O)COc1cnsn1. The number of ether oxygens (including phenoxy) is 2. The van der Waals surface area contributed by atoms with Crippen LogP contribution in [0.2, 0.25) is 0 Å². The maximum absolute atomic E-state index is 11.0. The number of carbonyl (C=O) groups excluding carboxylic acids is 1. The lowest BCUT2D eigenvalue weighted by molar-refractivity contribution is -0.142. The average molecular weight is 261 g/mol. The van der Waals surface area contributed by atoms with Gasteiger partial charge in [0.25, 0.3) is 0 Å². The molecular formula is C9H15N3O4S. The molecule has 0 fully saturated rings. The third-order valence-electron chi connectivity index (χ3n) is 1.72. The molecule has 1 heterocycles. The summed E-state index contributed by atoms with van der Waals surface area (Å²) in [7, 11) is 0. The van der Waals surface area contributed by atoms with Crippen molar-refractivity contribution in [2.45, 2.75) is 13.0 Å². The van der Waals surface area contributed by atoms with E-state index >= 15 is 0 Å². The molecule has 1 aromatic rings. The standard InChI is InChI=1S/C9H15N3O4S/c1-2-15-9(14)5-10-3-7(13)6-16-8-4-11-17-12-8/h4,7,10,13H,2-3,5-6H2,1H3. The number of rotatable bonds is 8. The zero-order valence-corrected chi connectivity index (χ0v) is 10.3. The molecular weight excluding hydrogens is 246 g/mol. The van der Waals surface area contributed by atoms with Gasteiger partial charge in [-0.15, -0.1) is 4.37 Å². The molecule has 96 valence electrons. The lowest BCUT2D eigenvalue weighted by Crippen LogP contribution is -2.35. The predicted molar refractivity (Wildman–Crippen MR) is 60.9 cm³/mol. The quantitative estimate of drug-likeness (QED) is 0.605. The fourth-order valence-electron chi connectivity index (χ4n) is 1.01. The first-order valence-corrected chi connectivity index (χ1v) is 5.90. The summed E-state index contributed by atoms with van der Waals surface area (Å²) in [6.07, 6.45) is 0.759. The van der Waals surface area contributed by atoms with Gasteiger partial charge >= 0.3 is 5.97 Å². The van der Waals surface area contributed by atoms with E-state index in [-0.39, 0.29) is 25.7 Å². The Hall–Kier alpha value is -1.25. The van der Waals surface area contributed by atoms with Gasteiger partial charge in [-0.05, 0) is 6.92 Å². The van der Waals surface area contributed by atoms with Crippen molar-refractivity contribution in [3.8, 4) is 5.88 Å². The van der Waals surface area contributed by atoms with Crippen LogP contribution in [0.15, 0.2) is 6.20 Å². The Bertz CT molecular complexity index is 320. The van der Waals surface area contributed by atoms with Crippen molar-refractivity contribution in [1.29, 1.82) is 0 Å². The summed E-state index contributed by atoms with van der Waals surface area (Å²) in [6.45, 7) is 2.51. The molecule has 0 aliphatic rings. The van der Waals surface area contributed by atoms with E-state index in [2.05, 4.69) is 14.1 Å². The number of nitrogens with one attached hydrogen (secondary N) is 1. The molecule has 0 saturated carbocycles. The summed E-state index contributed by atoms with van der Waals surface area (Å²) < 4.78 is 17.4. The minimum atomic E-state index is -0.717. The first-order chi connectivity index (χ1) is 8.22. The van der Waals surface area contributed by atoms with Gasteiger partial charge in [0, 0.05) is 6.54 Å². The molecule has 1 aromatic heterocycles. The van der Waals surface area contributed by atoms with Crippen molar-refractivity contribution >= 4 is 17.7 Å². The van der Waals surface area contributed by atoms with Gasteiger partial charge in [0.1, 0.15) is 18.9 Å². The summed E-state index contributed by atoms with van der Waals surface area (Å²) in [5, 5.41) is 12.3. The summed E-state index contributed by atoms with van der Waals surface area (Å²) in [4.78, 5) is 11.0. The highest BCUT2D eigenvalue weighted by Gasteiger charge is 2.07. The number of hydrogen-bond acceptors (Lipinski definition) is 8. The number of aromatic nitrogens is 2. The van der Waals surface area contributed by atoms with Crippen LogP contribution in [0.5, 0.6) is 5.88 Å². The van der Waals surface area contributed by atoms with Gasteiger partial charge in [-0.2, -0.15) is 4.37 Å². The molecule has 2 N–H and O–H groups in total. The maximum atomic E-state index is 11.0. The van der Waals surface area contributed by atoms with Gasteiger partial charge in [-0.1, -0.05) is 0 Å². The molecule has 0 aliphatic carbocycles. The monoisotopic (exact) mass is 261 g/mol. The number of carbonyl (C=O) groups is 1. The summed E-state index contributed by atoms with van der Waals surface area (Å²) in [6, 6.07) is 0. The molecule has 1 unspecified atom stereocenters. The highest BCUT2D eigenvalue weighted by molar-refractivity contribution is 6.99. The molecule has 0 radical (unpaired) electrons. The Morgan fingerprint density at radius 2 is 2.53 bits per heavy atom. The number of hydrogen-bond donors (Lipinski definition) is 2. The van der Waals surface area contributed by atoms with Crippen molar-refractivity contribution in [3.05, 3.63) is 6.20 Å². The fraction of sp³-hybridized carbons (Fsp3) is 0.667.